The molecule has 0 aliphatic heterocycles. The number of hydrogen-bond donors (Lipinski definition) is 1. The molecule has 0 radical (unpaired) electrons. The number of aromatic nitrogens is 2. The van der Waals surface area contributed by atoms with Crippen molar-refractivity contribution in [1.29, 1.82) is 0 Å². The van der Waals surface area contributed by atoms with Gasteiger partial charge in [-0.3, -0.25) is 4.98 Å². The molecule has 3 rings (SSSR count). The van der Waals surface area contributed by atoms with E-state index in [1.165, 1.54) is 0 Å². The molecule has 15 heavy (non-hydrogen) atoms. The smallest absolute Gasteiger partial charge is 0.0890 e. The fourth-order valence-electron chi connectivity index (χ4n) is 1.78. The Hall–Kier alpha value is -1.48. The summed E-state index contributed by atoms with van der Waals surface area (Å²) < 4.78 is 0. The average molecular weight is 199 g/mol. The lowest BCUT2D eigenvalue weighted by molar-refractivity contribution is 0.659. The quantitative estimate of drug-likeness (QED) is 0.800. The molecule has 0 spiro atoms. The van der Waals surface area contributed by atoms with Crippen LogP contribution >= 0.6 is 0 Å². The SMILES string of the molecule is NC1(Cc2cnc3ccccc3n2)CC1. The second kappa shape index (κ2) is 3.00. The zero-order valence-corrected chi connectivity index (χ0v) is 8.48. The summed E-state index contributed by atoms with van der Waals surface area (Å²) in [6.07, 6.45) is 4.92. The van der Waals surface area contributed by atoms with Gasteiger partial charge >= 0.3 is 0 Å². The van der Waals surface area contributed by atoms with Crippen molar-refractivity contribution in [3.63, 3.8) is 0 Å². The van der Waals surface area contributed by atoms with Gasteiger partial charge in [0.25, 0.3) is 0 Å². The van der Waals surface area contributed by atoms with Gasteiger partial charge in [-0.15, -0.1) is 0 Å². The minimum absolute atomic E-state index is 0.0110. The van der Waals surface area contributed by atoms with Crippen LogP contribution in [-0.4, -0.2) is 15.5 Å². The molecule has 0 bridgehead atoms. The van der Waals surface area contributed by atoms with Crippen molar-refractivity contribution < 1.29 is 0 Å². The van der Waals surface area contributed by atoms with Gasteiger partial charge in [-0.05, 0) is 25.0 Å². The van der Waals surface area contributed by atoms with Gasteiger partial charge in [-0.1, -0.05) is 12.1 Å². The van der Waals surface area contributed by atoms with Crippen molar-refractivity contribution in [2.45, 2.75) is 24.8 Å². The fraction of sp³-hybridized carbons (Fsp3) is 0.333. The fourth-order valence-corrected chi connectivity index (χ4v) is 1.78. The Balaban J connectivity index is 1.99. The van der Waals surface area contributed by atoms with E-state index in [4.69, 9.17) is 5.73 Å². The van der Waals surface area contributed by atoms with Crippen molar-refractivity contribution in [3.05, 3.63) is 36.2 Å². The van der Waals surface area contributed by atoms with Crippen LogP contribution in [0.1, 0.15) is 18.5 Å². The summed E-state index contributed by atoms with van der Waals surface area (Å²) >= 11 is 0. The van der Waals surface area contributed by atoms with Crippen LogP contribution in [-0.2, 0) is 6.42 Å². The Labute approximate surface area is 88.3 Å². The number of hydrogen-bond acceptors (Lipinski definition) is 3. The van der Waals surface area contributed by atoms with Gasteiger partial charge in [0.2, 0.25) is 0 Å². The van der Waals surface area contributed by atoms with Crippen LogP contribution in [0.2, 0.25) is 0 Å². The van der Waals surface area contributed by atoms with Crippen LogP contribution in [0.3, 0.4) is 0 Å². The monoisotopic (exact) mass is 199 g/mol. The summed E-state index contributed by atoms with van der Waals surface area (Å²) in [6.45, 7) is 0. The lowest BCUT2D eigenvalue weighted by atomic mass is 10.1. The number of fused-ring (bicyclic) bond motifs is 1. The Kier molecular flexibility index (Phi) is 1.76. The summed E-state index contributed by atoms with van der Waals surface area (Å²) in [5, 5.41) is 0. The zero-order valence-electron chi connectivity index (χ0n) is 8.48. The van der Waals surface area contributed by atoms with Crippen molar-refractivity contribution in [1.82, 2.24) is 9.97 Å². The van der Waals surface area contributed by atoms with E-state index in [1.54, 1.807) is 0 Å². The molecular formula is C12H13N3. The molecule has 76 valence electrons. The molecule has 1 aromatic heterocycles. The van der Waals surface area contributed by atoms with E-state index in [9.17, 15) is 0 Å². The van der Waals surface area contributed by atoms with E-state index in [1.807, 2.05) is 30.5 Å². The highest BCUT2D eigenvalue weighted by Gasteiger charge is 2.38. The molecule has 0 unspecified atom stereocenters. The maximum absolute atomic E-state index is 6.05. The standard InChI is InChI=1S/C12H13N3/c13-12(5-6-12)7-9-8-14-10-3-1-2-4-11(10)15-9/h1-4,8H,5-7,13H2. The maximum atomic E-state index is 6.05. The molecule has 1 fully saturated rings. The zero-order chi connectivity index (χ0) is 10.3. The number of para-hydroxylation sites is 2. The van der Waals surface area contributed by atoms with Crippen LogP contribution in [0.5, 0.6) is 0 Å². The molecule has 0 atom stereocenters. The lowest BCUT2D eigenvalue weighted by Crippen LogP contribution is -2.25. The van der Waals surface area contributed by atoms with E-state index in [-0.39, 0.29) is 5.54 Å². The third-order valence-corrected chi connectivity index (χ3v) is 2.92. The molecule has 1 aliphatic carbocycles. The number of rotatable bonds is 2. The van der Waals surface area contributed by atoms with E-state index in [2.05, 4.69) is 9.97 Å². The largest absolute Gasteiger partial charge is 0.325 e. The first-order valence-corrected chi connectivity index (χ1v) is 5.25. The highest BCUT2D eigenvalue weighted by atomic mass is 14.9. The lowest BCUT2D eigenvalue weighted by Gasteiger charge is -2.07. The minimum atomic E-state index is 0.0110. The molecule has 1 saturated carbocycles. The van der Waals surface area contributed by atoms with Gasteiger partial charge in [0.15, 0.2) is 0 Å². The molecule has 0 saturated heterocycles. The second-order valence-electron chi connectivity index (χ2n) is 4.39. The maximum Gasteiger partial charge on any atom is 0.0890 e. The summed E-state index contributed by atoms with van der Waals surface area (Å²) in [6, 6.07) is 7.92. The number of benzene rings is 1. The predicted octanol–water partition coefficient (Wildman–Crippen LogP) is 1.66. The second-order valence-corrected chi connectivity index (χ2v) is 4.39. The van der Waals surface area contributed by atoms with Crippen molar-refractivity contribution in [2.24, 2.45) is 5.73 Å². The number of nitrogens with two attached hydrogens (primary N) is 1. The Morgan fingerprint density at radius 2 is 1.93 bits per heavy atom. The highest BCUT2D eigenvalue weighted by molar-refractivity contribution is 5.73. The Bertz CT molecular complexity index is 503. The summed E-state index contributed by atoms with van der Waals surface area (Å²) in [7, 11) is 0. The van der Waals surface area contributed by atoms with Gasteiger partial charge in [-0.2, -0.15) is 0 Å². The Morgan fingerprint density at radius 3 is 2.67 bits per heavy atom. The normalized spacial score (nSPS) is 17.9. The van der Waals surface area contributed by atoms with Gasteiger partial charge in [0.05, 0.1) is 16.7 Å². The third-order valence-electron chi connectivity index (χ3n) is 2.92. The van der Waals surface area contributed by atoms with E-state index in [0.29, 0.717) is 0 Å². The summed E-state index contributed by atoms with van der Waals surface area (Å²) in [5.41, 5.74) is 8.98. The minimum Gasteiger partial charge on any atom is -0.325 e. The van der Waals surface area contributed by atoms with Gasteiger partial charge < -0.3 is 5.73 Å². The van der Waals surface area contributed by atoms with Crippen molar-refractivity contribution >= 4 is 11.0 Å². The first-order valence-electron chi connectivity index (χ1n) is 5.25. The highest BCUT2D eigenvalue weighted by Crippen LogP contribution is 2.35. The summed E-state index contributed by atoms with van der Waals surface area (Å²) in [5.74, 6) is 0. The van der Waals surface area contributed by atoms with Gasteiger partial charge in [0.1, 0.15) is 0 Å². The molecular weight excluding hydrogens is 186 g/mol. The molecule has 2 aromatic rings. The topological polar surface area (TPSA) is 51.8 Å². The van der Waals surface area contributed by atoms with E-state index in [0.717, 1.165) is 36.0 Å². The third kappa shape index (κ3) is 1.70. The number of nitrogens with zero attached hydrogens (tertiary/aromatic N) is 2. The van der Waals surface area contributed by atoms with Gasteiger partial charge in [0, 0.05) is 18.2 Å². The van der Waals surface area contributed by atoms with Crippen LogP contribution in [0.25, 0.3) is 11.0 Å². The molecule has 3 nitrogen and oxygen atoms in total. The van der Waals surface area contributed by atoms with Crippen LogP contribution in [0.4, 0.5) is 0 Å². The van der Waals surface area contributed by atoms with Crippen LogP contribution in [0, 0.1) is 0 Å². The molecule has 1 aromatic carbocycles. The Morgan fingerprint density at radius 1 is 1.20 bits per heavy atom. The molecule has 3 heteroatoms. The molecule has 1 aliphatic rings. The van der Waals surface area contributed by atoms with Crippen molar-refractivity contribution in [3.8, 4) is 0 Å². The first-order chi connectivity index (χ1) is 7.25. The predicted molar refractivity (Wildman–Crippen MR) is 59.4 cm³/mol. The first kappa shape index (κ1) is 8.80. The molecule has 0 amide bonds. The molecule has 2 N–H and O–H groups in total. The molecule has 1 heterocycles. The van der Waals surface area contributed by atoms with Crippen LogP contribution in [0.15, 0.2) is 30.5 Å². The van der Waals surface area contributed by atoms with Crippen LogP contribution < -0.4 is 5.73 Å². The average Bonchev–Trinajstić information content (AvgIpc) is 2.96. The van der Waals surface area contributed by atoms with E-state index >= 15 is 0 Å². The van der Waals surface area contributed by atoms with E-state index < -0.39 is 0 Å². The summed E-state index contributed by atoms with van der Waals surface area (Å²) in [4.78, 5) is 8.93. The van der Waals surface area contributed by atoms with Gasteiger partial charge in [-0.25, -0.2) is 4.98 Å². The van der Waals surface area contributed by atoms with Crippen molar-refractivity contribution in [2.75, 3.05) is 0 Å².